The van der Waals surface area contributed by atoms with Gasteiger partial charge in [-0.25, -0.2) is 0 Å². The molecule has 2 heteroatoms. The third-order valence-corrected chi connectivity index (χ3v) is 4.23. The van der Waals surface area contributed by atoms with Crippen molar-refractivity contribution in [2.45, 2.75) is 65.5 Å². The molecule has 0 saturated carbocycles. The minimum Gasteiger partial charge on any atom is -0.347 e. The predicted octanol–water partition coefficient (Wildman–Crippen LogP) is 5.11. The minimum absolute atomic E-state index is 0.989. The quantitative estimate of drug-likeness (QED) is 0.600. The number of para-hydroxylation sites is 1. The molecular weight excluding hydrogens is 256 g/mol. The van der Waals surface area contributed by atoms with Gasteiger partial charge >= 0.3 is 0 Å². The minimum atomic E-state index is 0.989. The average molecular weight is 286 g/mol. The fourth-order valence-electron chi connectivity index (χ4n) is 2.98. The molecule has 0 saturated heterocycles. The van der Waals surface area contributed by atoms with Crippen molar-refractivity contribution < 1.29 is 0 Å². The van der Waals surface area contributed by atoms with E-state index in [0.717, 1.165) is 19.6 Å². The third kappa shape index (κ3) is 4.60. The van der Waals surface area contributed by atoms with Crippen LogP contribution in [-0.4, -0.2) is 11.1 Å². The lowest BCUT2D eigenvalue weighted by Crippen LogP contribution is -2.14. The molecule has 2 nitrogen and oxygen atoms in total. The maximum atomic E-state index is 3.61. The molecule has 0 aliphatic heterocycles. The van der Waals surface area contributed by atoms with Gasteiger partial charge in [0.25, 0.3) is 0 Å². The molecule has 0 aliphatic carbocycles. The molecule has 2 rings (SSSR count). The standard InChI is InChI=1S/C19H30N2/c1-3-5-6-7-8-11-14-20-15-17-16-21(4-2)19-13-10-9-12-18(17)19/h9-10,12-13,16,20H,3-8,11,14-15H2,1-2H3. The SMILES string of the molecule is CCCCCCCCNCc1cn(CC)c2ccccc12. The first-order chi connectivity index (χ1) is 10.4. The molecule has 0 spiro atoms. The third-order valence-electron chi connectivity index (χ3n) is 4.23. The zero-order valence-electron chi connectivity index (χ0n) is 13.7. The summed E-state index contributed by atoms with van der Waals surface area (Å²) in [5, 5.41) is 5.01. The van der Waals surface area contributed by atoms with E-state index in [1.54, 1.807) is 0 Å². The van der Waals surface area contributed by atoms with Gasteiger partial charge in [0.05, 0.1) is 0 Å². The van der Waals surface area contributed by atoms with E-state index >= 15 is 0 Å². The van der Waals surface area contributed by atoms with Crippen molar-refractivity contribution in [3.63, 3.8) is 0 Å². The van der Waals surface area contributed by atoms with Gasteiger partial charge in [0, 0.05) is 30.2 Å². The van der Waals surface area contributed by atoms with Crippen LogP contribution in [0.5, 0.6) is 0 Å². The van der Waals surface area contributed by atoms with Gasteiger partial charge in [-0.05, 0) is 31.5 Å². The van der Waals surface area contributed by atoms with Crippen molar-refractivity contribution in [2.24, 2.45) is 0 Å². The molecule has 1 aromatic carbocycles. The van der Waals surface area contributed by atoms with Gasteiger partial charge in [-0.3, -0.25) is 0 Å². The van der Waals surface area contributed by atoms with Crippen molar-refractivity contribution in [2.75, 3.05) is 6.54 Å². The number of rotatable bonds is 10. The van der Waals surface area contributed by atoms with Crippen LogP contribution in [0.2, 0.25) is 0 Å². The summed E-state index contributed by atoms with van der Waals surface area (Å²) >= 11 is 0. The van der Waals surface area contributed by atoms with Gasteiger partial charge in [0.1, 0.15) is 0 Å². The Morgan fingerprint density at radius 2 is 1.71 bits per heavy atom. The van der Waals surface area contributed by atoms with E-state index in [9.17, 15) is 0 Å². The highest BCUT2D eigenvalue weighted by molar-refractivity contribution is 5.83. The van der Waals surface area contributed by atoms with Crippen molar-refractivity contribution >= 4 is 10.9 Å². The molecule has 0 bridgehead atoms. The van der Waals surface area contributed by atoms with Crippen molar-refractivity contribution in [1.29, 1.82) is 0 Å². The van der Waals surface area contributed by atoms with E-state index in [-0.39, 0.29) is 0 Å². The smallest absolute Gasteiger partial charge is 0.0483 e. The molecule has 0 unspecified atom stereocenters. The molecule has 21 heavy (non-hydrogen) atoms. The van der Waals surface area contributed by atoms with Crippen LogP contribution in [0.3, 0.4) is 0 Å². The topological polar surface area (TPSA) is 17.0 Å². The van der Waals surface area contributed by atoms with E-state index in [1.807, 2.05) is 0 Å². The van der Waals surface area contributed by atoms with Gasteiger partial charge in [-0.1, -0.05) is 57.2 Å². The Balaban J connectivity index is 1.76. The second-order valence-corrected chi connectivity index (χ2v) is 5.90. The zero-order chi connectivity index (χ0) is 14.9. The zero-order valence-corrected chi connectivity index (χ0v) is 13.7. The van der Waals surface area contributed by atoms with Crippen LogP contribution in [0.4, 0.5) is 0 Å². The summed E-state index contributed by atoms with van der Waals surface area (Å²) in [6, 6.07) is 8.72. The number of fused-ring (bicyclic) bond motifs is 1. The Bertz CT molecular complexity index is 527. The molecule has 1 aromatic heterocycles. The van der Waals surface area contributed by atoms with Crippen LogP contribution in [0, 0.1) is 0 Å². The second-order valence-electron chi connectivity index (χ2n) is 5.90. The Hall–Kier alpha value is -1.28. The first kappa shape index (κ1) is 16.1. The molecule has 0 fully saturated rings. The lowest BCUT2D eigenvalue weighted by atomic mass is 10.1. The van der Waals surface area contributed by atoms with Gasteiger partial charge in [0.2, 0.25) is 0 Å². The number of benzene rings is 1. The van der Waals surface area contributed by atoms with Crippen LogP contribution < -0.4 is 5.32 Å². The van der Waals surface area contributed by atoms with E-state index in [0.29, 0.717) is 0 Å². The molecule has 1 heterocycles. The summed E-state index contributed by atoms with van der Waals surface area (Å²) in [5.74, 6) is 0. The van der Waals surface area contributed by atoms with Gasteiger partial charge < -0.3 is 9.88 Å². The first-order valence-corrected chi connectivity index (χ1v) is 8.64. The summed E-state index contributed by atoms with van der Waals surface area (Å²) in [6.07, 6.45) is 10.5. The van der Waals surface area contributed by atoms with E-state index in [4.69, 9.17) is 0 Å². The molecule has 116 valence electrons. The molecule has 1 N–H and O–H groups in total. The van der Waals surface area contributed by atoms with Crippen molar-refractivity contribution in [3.8, 4) is 0 Å². The summed E-state index contributed by atoms with van der Waals surface area (Å²) in [4.78, 5) is 0. The molecule has 0 atom stereocenters. The van der Waals surface area contributed by atoms with E-state index < -0.39 is 0 Å². The number of aromatic nitrogens is 1. The maximum Gasteiger partial charge on any atom is 0.0483 e. The lowest BCUT2D eigenvalue weighted by Gasteiger charge is -2.04. The lowest BCUT2D eigenvalue weighted by molar-refractivity contribution is 0.572. The molecule has 0 aliphatic rings. The average Bonchev–Trinajstić information content (AvgIpc) is 2.88. The van der Waals surface area contributed by atoms with Crippen LogP contribution in [0.25, 0.3) is 10.9 Å². The number of aryl methyl sites for hydroxylation is 1. The summed E-state index contributed by atoms with van der Waals surface area (Å²) < 4.78 is 2.34. The summed E-state index contributed by atoms with van der Waals surface area (Å²) in [6.45, 7) is 7.65. The Labute approximate surface area is 129 Å². The number of hydrogen-bond donors (Lipinski definition) is 1. The predicted molar refractivity (Wildman–Crippen MR) is 92.7 cm³/mol. The van der Waals surface area contributed by atoms with Crippen molar-refractivity contribution in [3.05, 3.63) is 36.0 Å². The van der Waals surface area contributed by atoms with Crippen LogP contribution >= 0.6 is 0 Å². The largest absolute Gasteiger partial charge is 0.347 e. The highest BCUT2D eigenvalue weighted by Crippen LogP contribution is 2.21. The van der Waals surface area contributed by atoms with E-state index in [2.05, 4.69) is 54.2 Å². The Kier molecular flexibility index (Phi) is 6.81. The monoisotopic (exact) mass is 286 g/mol. The normalized spacial score (nSPS) is 11.3. The van der Waals surface area contributed by atoms with Crippen LogP contribution in [-0.2, 0) is 13.1 Å². The first-order valence-electron chi connectivity index (χ1n) is 8.64. The highest BCUT2D eigenvalue weighted by atomic mass is 15.0. The van der Waals surface area contributed by atoms with Crippen molar-refractivity contribution in [1.82, 2.24) is 9.88 Å². The Morgan fingerprint density at radius 1 is 0.952 bits per heavy atom. The Morgan fingerprint density at radius 3 is 2.52 bits per heavy atom. The van der Waals surface area contributed by atoms with Gasteiger partial charge in [-0.2, -0.15) is 0 Å². The fourth-order valence-corrected chi connectivity index (χ4v) is 2.98. The van der Waals surface area contributed by atoms with E-state index in [1.165, 1.54) is 55.0 Å². The number of unbranched alkanes of at least 4 members (excludes halogenated alkanes) is 5. The summed E-state index contributed by atoms with van der Waals surface area (Å²) in [5.41, 5.74) is 2.79. The van der Waals surface area contributed by atoms with Gasteiger partial charge in [-0.15, -0.1) is 0 Å². The second kappa shape index (κ2) is 8.89. The molecule has 0 radical (unpaired) electrons. The summed E-state index contributed by atoms with van der Waals surface area (Å²) in [7, 11) is 0. The number of nitrogens with zero attached hydrogens (tertiary/aromatic N) is 1. The molecular formula is C19H30N2. The van der Waals surface area contributed by atoms with Crippen LogP contribution in [0.1, 0.15) is 57.9 Å². The maximum absolute atomic E-state index is 3.61. The van der Waals surface area contributed by atoms with Crippen LogP contribution in [0.15, 0.2) is 30.5 Å². The number of hydrogen-bond acceptors (Lipinski definition) is 1. The molecule has 0 amide bonds. The van der Waals surface area contributed by atoms with Gasteiger partial charge in [0.15, 0.2) is 0 Å². The fraction of sp³-hybridized carbons (Fsp3) is 0.579. The number of nitrogens with one attached hydrogen (secondary N) is 1. The molecule has 2 aromatic rings. The highest BCUT2D eigenvalue weighted by Gasteiger charge is 2.06.